The van der Waals surface area contributed by atoms with Crippen LogP contribution in [0.4, 0.5) is 0 Å². The van der Waals surface area contributed by atoms with Crippen molar-refractivity contribution >= 4 is 5.78 Å². The number of benzene rings is 1. The van der Waals surface area contributed by atoms with Crippen molar-refractivity contribution in [3.05, 3.63) is 28.8 Å². The first-order valence-corrected chi connectivity index (χ1v) is 6.47. The van der Waals surface area contributed by atoms with Gasteiger partial charge in [-0.2, -0.15) is 0 Å². The zero-order chi connectivity index (χ0) is 14.4. The van der Waals surface area contributed by atoms with E-state index in [2.05, 4.69) is 0 Å². The lowest BCUT2D eigenvalue weighted by molar-refractivity contribution is -0.107. The van der Waals surface area contributed by atoms with Crippen LogP contribution >= 0.6 is 0 Å². The van der Waals surface area contributed by atoms with Crippen molar-refractivity contribution in [2.75, 3.05) is 20.3 Å². The van der Waals surface area contributed by atoms with Gasteiger partial charge in [-0.1, -0.05) is 6.07 Å². The van der Waals surface area contributed by atoms with Gasteiger partial charge in [0.25, 0.3) is 0 Å². The fraction of sp³-hybridized carbons (Fsp3) is 0.533. The van der Waals surface area contributed by atoms with Crippen LogP contribution in [0.5, 0.6) is 5.75 Å². The number of carbonyl (C=O) groups excluding carboxylic acids is 1. The summed E-state index contributed by atoms with van der Waals surface area (Å²) >= 11 is 0. The van der Waals surface area contributed by atoms with E-state index in [-0.39, 0.29) is 5.78 Å². The predicted molar refractivity (Wildman–Crippen MR) is 73.8 cm³/mol. The van der Waals surface area contributed by atoms with Gasteiger partial charge in [-0.05, 0) is 44.9 Å². The summed E-state index contributed by atoms with van der Waals surface area (Å²) < 4.78 is 16.0. The average molecular weight is 266 g/mol. The Bertz CT molecular complexity index is 434. The second kappa shape index (κ2) is 7.26. The maximum atomic E-state index is 12.5. The minimum atomic E-state index is -0.870. The second-order valence-electron chi connectivity index (χ2n) is 4.27. The molecule has 0 aliphatic rings. The molecule has 1 rings (SSSR count). The first kappa shape index (κ1) is 15.7. The summed E-state index contributed by atoms with van der Waals surface area (Å²) in [6, 6.07) is 3.79. The molecule has 4 heteroatoms. The summed E-state index contributed by atoms with van der Waals surface area (Å²) in [5, 5.41) is 0. The molecule has 0 saturated carbocycles. The van der Waals surface area contributed by atoms with Crippen LogP contribution in [0.15, 0.2) is 12.1 Å². The lowest BCUT2D eigenvalue weighted by Gasteiger charge is -2.19. The average Bonchev–Trinajstić information content (AvgIpc) is 2.36. The summed E-state index contributed by atoms with van der Waals surface area (Å²) in [5.41, 5.74) is 2.45. The van der Waals surface area contributed by atoms with Gasteiger partial charge in [-0.25, -0.2) is 0 Å². The molecule has 0 atom stereocenters. The number of methoxy groups -OCH3 is 1. The molecule has 0 radical (unpaired) electrons. The van der Waals surface area contributed by atoms with Crippen LogP contribution in [0.1, 0.15) is 35.3 Å². The molecule has 0 amide bonds. The van der Waals surface area contributed by atoms with Crippen molar-refractivity contribution < 1.29 is 19.0 Å². The molecule has 0 spiro atoms. The minimum absolute atomic E-state index is 0.196. The Morgan fingerprint density at radius 3 is 2.21 bits per heavy atom. The Morgan fingerprint density at radius 1 is 1.16 bits per heavy atom. The van der Waals surface area contributed by atoms with Crippen LogP contribution in [-0.2, 0) is 9.47 Å². The van der Waals surface area contributed by atoms with Crippen molar-refractivity contribution in [3.63, 3.8) is 0 Å². The van der Waals surface area contributed by atoms with E-state index in [4.69, 9.17) is 14.2 Å². The molecule has 19 heavy (non-hydrogen) atoms. The Balaban J connectivity index is 3.16. The zero-order valence-corrected chi connectivity index (χ0v) is 12.3. The van der Waals surface area contributed by atoms with Crippen LogP contribution < -0.4 is 4.74 Å². The highest BCUT2D eigenvalue weighted by Crippen LogP contribution is 2.26. The molecule has 0 aliphatic heterocycles. The molecule has 1 aromatic carbocycles. The fourth-order valence-corrected chi connectivity index (χ4v) is 2.03. The Kier molecular flexibility index (Phi) is 5.99. The Morgan fingerprint density at radius 2 is 1.74 bits per heavy atom. The summed E-state index contributed by atoms with van der Waals surface area (Å²) in [6.07, 6.45) is -0.870. The van der Waals surface area contributed by atoms with Gasteiger partial charge in [-0.3, -0.25) is 4.79 Å². The van der Waals surface area contributed by atoms with Crippen molar-refractivity contribution in [3.8, 4) is 5.75 Å². The third-order valence-corrected chi connectivity index (χ3v) is 2.76. The normalized spacial score (nSPS) is 10.8. The van der Waals surface area contributed by atoms with Gasteiger partial charge in [0.15, 0.2) is 0 Å². The number of ether oxygens (including phenoxy) is 3. The fourth-order valence-electron chi connectivity index (χ4n) is 2.03. The molecule has 0 aliphatic carbocycles. The Labute approximate surface area is 114 Å². The number of hydrogen-bond acceptors (Lipinski definition) is 4. The molecule has 0 unspecified atom stereocenters. The van der Waals surface area contributed by atoms with Crippen LogP contribution in [-0.4, -0.2) is 32.4 Å². The van der Waals surface area contributed by atoms with Crippen molar-refractivity contribution in [2.45, 2.75) is 34.0 Å². The Hall–Kier alpha value is -1.39. The lowest BCUT2D eigenvalue weighted by atomic mass is 10.0. The second-order valence-corrected chi connectivity index (χ2v) is 4.27. The molecule has 1 aromatic rings. The molecular formula is C15H22O4. The standard InChI is InChI=1S/C15H22O4/c1-6-18-15(19-7-2)14(16)13-11(4)8-10(3)9-12(13)17-5/h8-9,15H,6-7H2,1-5H3. The van der Waals surface area contributed by atoms with E-state index < -0.39 is 6.29 Å². The van der Waals surface area contributed by atoms with Crippen LogP contribution in [0, 0.1) is 13.8 Å². The number of rotatable bonds is 7. The molecule has 0 N–H and O–H groups in total. The maximum absolute atomic E-state index is 12.5. The molecule has 0 bridgehead atoms. The molecule has 0 heterocycles. The van der Waals surface area contributed by atoms with Gasteiger partial charge in [-0.15, -0.1) is 0 Å². The molecular weight excluding hydrogens is 244 g/mol. The summed E-state index contributed by atoms with van der Waals surface area (Å²) in [4.78, 5) is 12.5. The zero-order valence-electron chi connectivity index (χ0n) is 12.3. The SMILES string of the molecule is CCOC(OCC)C(=O)c1c(C)cc(C)cc1OC. The minimum Gasteiger partial charge on any atom is -0.496 e. The first-order valence-electron chi connectivity index (χ1n) is 6.47. The third-order valence-electron chi connectivity index (χ3n) is 2.76. The molecule has 0 saturated heterocycles. The quantitative estimate of drug-likeness (QED) is 0.562. The van der Waals surface area contributed by atoms with Gasteiger partial charge in [0, 0.05) is 13.2 Å². The third kappa shape index (κ3) is 3.78. The molecule has 0 fully saturated rings. The van der Waals surface area contributed by atoms with Gasteiger partial charge in [0.05, 0.1) is 12.7 Å². The number of aryl methyl sites for hydroxylation is 2. The summed E-state index contributed by atoms with van der Waals surface area (Å²) in [5.74, 6) is 0.366. The van der Waals surface area contributed by atoms with E-state index in [1.165, 1.54) is 0 Å². The van der Waals surface area contributed by atoms with Gasteiger partial charge >= 0.3 is 0 Å². The predicted octanol–water partition coefficient (Wildman–Crippen LogP) is 2.89. The number of ketones is 1. The van der Waals surface area contributed by atoms with E-state index in [1.807, 2.05) is 39.8 Å². The van der Waals surface area contributed by atoms with Crippen LogP contribution in [0.2, 0.25) is 0 Å². The number of Topliss-reactive ketones (excluding diaryl/α,β-unsaturated/α-hetero) is 1. The van der Waals surface area contributed by atoms with Crippen LogP contribution in [0.3, 0.4) is 0 Å². The highest BCUT2D eigenvalue weighted by Gasteiger charge is 2.25. The van der Waals surface area contributed by atoms with E-state index in [0.29, 0.717) is 24.5 Å². The van der Waals surface area contributed by atoms with Gasteiger partial charge < -0.3 is 14.2 Å². The number of carbonyl (C=O) groups is 1. The first-order chi connectivity index (χ1) is 9.04. The van der Waals surface area contributed by atoms with Crippen molar-refractivity contribution in [1.82, 2.24) is 0 Å². The lowest BCUT2D eigenvalue weighted by Crippen LogP contribution is -2.28. The van der Waals surface area contributed by atoms with Gasteiger partial charge in [0.1, 0.15) is 5.75 Å². The van der Waals surface area contributed by atoms with E-state index in [0.717, 1.165) is 11.1 Å². The molecule has 0 aromatic heterocycles. The topological polar surface area (TPSA) is 44.8 Å². The monoisotopic (exact) mass is 266 g/mol. The van der Waals surface area contributed by atoms with E-state index >= 15 is 0 Å². The smallest absolute Gasteiger partial charge is 0.222 e. The number of hydrogen-bond donors (Lipinski definition) is 0. The highest BCUT2D eigenvalue weighted by molar-refractivity contribution is 6.02. The van der Waals surface area contributed by atoms with Crippen molar-refractivity contribution in [2.24, 2.45) is 0 Å². The van der Waals surface area contributed by atoms with E-state index in [9.17, 15) is 4.79 Å². The summed E-state index contributed by atoms with van der Waals surface area (Å²) in [6.45, 7) is 8.36. The van der Waals surface area contributed by atoms with Crippen LogP contribution in [0.25, 0.3) is 0 Å². The van der Waals surface area contributed by atoms with Crippen molar-refractivity contribution in [1.29, 1.82) is 0 Å². The molecule has 4 nitrogen and oxygen atoms in total. The molecule has 106 valence electrons. The summed E-state index contributed by atoms with van der Waals surface area (Å²) in [7, 11) is 1.56. The largest absolute Gasteiger partial charge is 0.496 e. The van der Waals surface area contributed by atoms with Gasteiger partial charge in [0.2, 0.25) is 12.1 Å². The van der Waals surface area contributed by atoms with E-state index in [1.54, 1.807) is 7.11 Å². The highest BCUT2D eigenvalue weighted by atomic mass is 16.7. The maximum Gasteiger partial charge on any atom is 0.222 e.